The van der Waals surface area contributed by atoms with Gasteiger partial charge in [-0.15, -0.1) is 0 Å². The Kier molecular flexibility index (Phi) is 18.0. The quantitative estimate of drug-likeness (QED) is 0.304. The van der Waals surface area contributed by atoms with E-state index in [4.69, 9.17) is 0 Å². The number of hydrogen-bond acceptors (Lipinski definition) is 0. The first-order valence-electron chi connectivity index (χ1n) is 15.4. The highest BCUT2D eigenvalue weighted by Crippen LogP contribution is 2.25. The van der Waals surface area contributed by atoms with E-state index in [-0.39, 0.29) is 32.5 Å². The zero-order valence-corrected chi connectivity index (χ0v) is 31.6. The molecule has 0 unspecified atom stereocenters. The van der Waals surface area contributed by atoms with Gasteiger partial charge in [0.15, 0.2) is 0 Å². The van der Waals surface area contributed by atoms with Crippen molar-refractivity contribution < 1.29 is 0 Å². The number of rotatable bonds is 3. The molecule has 0 saturated heterocycles. The van der Waals surface area contributed by atoms with Crippen molar-refractivity contribution >= 4 is 0 Å². The molecule has 0 aromatic heterocycles. The van der Waals surface area contributed by atoms with Crippen molar-refractivity contribution in [2.75, 3.05) is 0 Å². The molecular formula is C40H74. The fraction of sp³-hybridized carbons (Fsp3) is 0.700. The van der Waals surface area contributed by atoms with E-state index >= 15 is 0 Å². The molecule has 0 rings (SSSR count). The van der Waals surface area contributed by atoms with Gasteiger partial charge in [-0.3, -0.25) is 0 Å². The van der Waals surface area contributed by atoms with Gasteiger partial charge in [0.2, 0.25) is 0 Å². The second kappa shape index (κ2) is 16.8. The average molecular weight is 555 g/mol. The minimum absolute atomic E-state index is 0.275. The lowest BCUT2D eigenvalue weighted by Crippen LogP contribution is -2.04. The fourth-order valence-electron chi connectivity index (χ4n) is 3.75. The highest BCUT2D eigenvalue weighted by atomic mass is 14.2. The molecule has 40 heavy (non-hydrogen) atoms. The van der Waals surface area contributed by atoms with Gasteiger partial charge in [-0.25, -0.2) is 0 Å². The van der Waals surface area contributed by atoms with Crippen LogP contribution >= 0.6 is 0 Å². The molecule has 0 heterocycles. The maximum Gasteiger partial charge on any atom is -0.0197 e. The zero-order chi connectivity index (χ0) is 33.0. The minimum atomic E-state index is 0.275. The smallest absolute Gasteiger partial charge is 0.0197 e. The average Bonchev–Trinajstić information content (AvgIpc) is 2.59. The van der Waals surface area contributed by atoms with E-state index < -0.39 is 0 Å². The topological polar surface area (TPSA) is 0 Å². The van der Waals surface area contributed by atoms with Gasteiger partial charge in [0.05, 0.1) is 0 Å². The summed E-state index contributed by atoms with van der Waals surface area (Å²) in [7, 11) is 0. The van der Waals surface area contributed by atoms with Gasteiger partial charge < -0.3 is 0 Å². The van der Waals surface area contributed by atoms with Crippen LogP contribution in [0.1, 0.15) is 152 Å². The Morgan fingerprint density at radius 1 is 0.300 bits per heavy atom. The molecule has 0 amide bonds. The maximum absolute atomic E-state index is 2.34. The minimum Gasteiger partial charge on any atom is -0.0789 e. The molecule has 0 heteroatoms. The Hall–Kier alpha value is -1.56. The lowest BCUT2D eigenvalue weighted by Gasteiger charge is -2.18. The third kappa shape index (κ3) is 38.6. The zero-order valence-electron chi connectivity index (χ0n) is 31.6. The highest BCUT2D eigenvalue weighted by molar-refractivity contribution is 5.29. The molecule has 0 aromatic rings. The predicted octanol–water partition coefficient (Wildman–Crippen LogP) is 14.1. The predicted molar refractivity (Wildman–Crippen MR) is 190 cm³/mol. The molecule has 0 spiro atoms. The van der Waals surface area contributed by atoms with E-state index in [0.717, 1.165) is 0 Å². The van der Waals surface area contributed by atoms with Crippen molar-refractivity contribution in [1.82, 2.24) is 0 Å². The van der Waals surface area contributed by atoms with E-state index in [1.165, 1.54) is 22.3 Å². The summed E-state index contributed by atoms with van der Waals surface area (Å²) in [5, 5.41) is 0. The van der Waals surface area contributed by atoms with Crippen LogP contribution in [0.4, 0.5) is 0 Å². The van der Waals surface area contributed by atoms with Crippen LogP contribution in [0.25, 0.3) is 0 Å². The Bertz CT molecular complexity index is 813. The Morgan fingerprint density at radius 2 is 0.500 bits per heavy atom. The van der Waals surface area contributed by atoms with E-state index in [9.17, 15) is 0 Å². The summed E-state index contributed by atoms with van der Waals surface area (Å²) in [5.74, 6) is 0. The van der Waals surface area contributed by atoms with Gasteiger partial charge in [0, 0.05) is 0 Å². The van der Waals surface area contributed by atoms with E-state index in [2.05, 4.69) is 201 Å². The molecule has 0 nitrogen and oxygen atoms in total. The molecule has 0 atom stereocenters. The standard InChI is InChI=1S/C14H26.2C13H24/c1-11(9-13(3,4)5)12(2)10-14(6,7)8;2*1-11(10-13(5,6)7)8-9-12(2,3)4/h9-10H,1-8H3;2*8-10H,1-7H3/b11-9-,12-10-;2*9-8-,11-10-. The molecule has 0 saturated carbocycles. The normalized spacial score (nSPS) is 15.7. The van der Waals surface area contributed by atoms with Crippen molar-refractivity contribution in [3.8, 4) is 0 Å². The number of hydrogen-bond donors (Lipinski definition) is 0. The Labute approximate surface area is 255 Å². The summed E-state index contributed by atoms with van der Waals surface area (Å²) in [6.07, 6.45) is 18.2. The van der Waals surface area contributed by atoms with Gasteiger partial charge in [-0.2, -0.15) is 0 Å². The van der Waals surface area contributed by atoms with E-state index in [0.29, 0.717) is 0 Å². The highest BCUT2D eigenvalue weighted by Gasteiger charge is 2.10. The fourth-order valence-corrected chi connectivity index (χ4v) is 3.75. The van der Waals surface area contributed by atoms with Crippen LogP contribution < -0.4 is 0 Å². The van der Waals surface area contributed by atoms with Gasteiger partial charge >= 0.3 is 0 Å². The summed E-state index contributed by atoms with van der Waals surface area (Å²) in [5.41, 5.74) is 7.18. The molecule has 0 fully saturated rings. The summed E-state index contributed by atoms with van der Waals surface area (Å²) in [6.45, 7) is 48.8. The third-order valence-corrected chi connectivity index (χ3v) is 4.93. The Balaban J connectivity index is -0.000000514. The molecule has 0 bridgehead atoms. The van der Waals surface area contributed by atoms with E-state index in [1.54, 1.807) is 0 Å². The molecule has 234 valence electrons. The van der Waals surface area contributed by atoms with Gasteiger partial charge in [-0.05, 0) is 60.2 Å². The molecule has 0 aliphatic heterocycles. The molecule has 0 aliphatic rings. The lowest BCUT2D eigenvalue weighted by atomic mass is 9.88. The van der Waals surface area contributed by atoms with Crippen molar-refractivity contribution in [3.05, 3.63) is 70.9 Å². The molecule has 0 aromatic carbocycles. The van der Waals surface area contributed by atoms with Crippen LogP contribution in [-0.4, -0.2) is 0 Å². The second-order valence-corrected chi connectivity index (χ2v) is 18.3. The van der Waals surface area contributed by atoms with Crippen LogP contribution in [0, 0.1) is 32.5 Å². The Morgan fingerprint density at radius 3 is 0.650 bits per heavy atom. The van der Waals surface area contributed by atoms with Crippen LogP contribution in [0.3, 0.4) is 0 Å². The van der Waals surface area contributed by atoms with Crippen molar-refractivity contribution in [2.45, 2.75) is 152 Å². The first-order chi connectivity index (χ1) is 17.2. The van der Waals surface area contributed by atoms with E-state index in [1.807, 2.05) is 0 Å². The summed E-state index contributed by atoms with van der Waals surface area (Å²) < 4.78 is 0. The maximum atomic E-state index is 2.34. The van der Waals surface area contributed by atoms with Crippen LogP contribution in [-0.2, 0) is 0 Å². The van der Waals surface area contributed by atoms with Crippen LogP contribution in [0.15, 0.2) is 70.9 Å². The second-order valence-electron chi connectivity index (χ2n) is 18.3. The van der Waals surface area contributed by atoms with Crippen molar-refractivity contribution in [1.29, 1.82) is 0 Å². The summed E-state index contributed by atoms with van der Waals surface area (Å²) >= 11 is 0. The first-order valence-corrected chi connectivity index (χ1v) is 15.4. The summed E-state index contributed by atoms with van der Waals surface area (Å²) in [6, 6.07) is 0. The first kappa shape index (κ1) is 42.9. The molecule has 0 aliphatic carbocycles. The SMILES string of the molecule is CC(/C=C\C(C)(C)C)=C/C(C)(C)C.CC(/C=C\C(C)(C)C)=C/C(C)(C)C.CC(=C/C(C)(C)C)/C(C)=C\C(C)(C)C. The molecule has 0 N–H and O–H groups in total. The van der Waals surface area contributed by atoms with Gasteiger partial charge in [-0.1, -0.05) is 196 Å². The van der Waals surface area contributed by atoms with Crippen LogP contribution in [0.2, 0.25) is 0 Å². The van der Waals surface area contributed by atoms with Crippen molar-refractivity contribution in [3.63, 3.8) is 0 Å². The molecule has 0 radical (unpaired) electrons. The monoisotopic (exact) mass is 555 g/mol. The number of allylic oxidation sites excluding steroid dienone is 12. The molecular weight excluding hydrogens is 480 g/mol. The third-order valence-electron chi connectivity index (χ3n) is 4.93. The lowest BCUT2D eigenvalue weighted by molar-refractivity contribution is 0.533. The van der Waals surface area contributed by atoms with Gasteiger partial charge in [0.1, 0.15) is 0 Å². The van der Waals surface area contributed by atoms with Crippen LogP contribution in [0.5, 0.6) is 0 Å². The summed E-state index contributed by atoms with van der Waals surface area (Å²) in [4.78, 5) is 0. The largest absolute Gasteiger partial charge is 0.0789 e. The van der Waals surface area contributed by atoms with Crippen molar-refractivity contribution in [2.24, 2.45) is 32.5 Å². The van der Waals surface area contributed by atoms with Gasteiger partial charge in [0.25, 0.3) is 0 Å².